The highest BCUT2D eigenvalue weighted by Crippen LogP contribution is 2.24. The number of hydrogen-bond donors (Lipinski definition) is 1. The number of hydrogen-bond acceptors (Lipinski definition) is 5. The normalized spacial score (nSPS) is 16.7. The first-order valence-electron chi connectivity index (χ1n) is 10.3. The van der Waals surface area contributed by atoms with E-state index in [4.69, 9.17) is 9.72 Å². The fourth-order valence-corrected chi connectivity index (χ4v) is 4.60. The first kappa shape index (κ1) is 25.0. The zero-order chi connectivity index (χ0) is 20.6. The molecule has 0 spiro atoms. The summed E-state index contributed by atoms with van der Waals surface area (Å²) in [5.74, 6) is 0.888. The predicted octanol–water partition coefficient (Wildman–Crippen LogP) is 4.31. The third kappa shape index (κ3) is 6.63. The van der Waals surface area contributed by atoms with Crippen LogP contribution in [0.3, 0.4) is 0 Å². The van der Waals surface area contributed by atoms with Crippen LogP contribution in [0.4, 0.5) is 0 Å². The Hall–Kier alpha value is -1.23. The van der Waals surface area contributed by atoms with Crippen LogP contribution in [0, 0.1) is 0 Å². The molecule has 1 saturated heterocycles. The minimum Gasteiger partial charge on any atom is -0.375 e. The van der Waals surface area contributed by atoms with E-state index in [9.17, 15) is 0 Å². The van der Waals surface area contributed by atoms with E-state index in [1.807, 2.05) is 14.0 Å². The molecule has 0 radical (unpaired) electrons. The van der Waals surface area contributed by atoms with Crippen LogP contribution in [0.2, 0.25) is 0 Å². The largest absolute Gasteiger partial charge is 0.375 e. The van der Waals surface area contributed by atoms with Crippen LogP contribution in [0.15, 0.2) is 40.7 Å². The van der Waals surface area contributed by atoms with Gasteiger partial charge in [-0.25, -0.2) is 4.98 Å². The highest BCUT2D eigenvalue weighted by atomic mass is 127. The molecule has 1 N–H and O–H groups in total. The van der Waals surface area contributed by atoms with Crippen LogP contribution in [-0.4, -0.2) is 61.6 Å². The number of aromatic nitrogens is 1. The number of thiazole rings is 1. The predicted molar refractivity (Wildman–Crippen MR) is 136 cm³/mol. The second kappa shape index (κ2) is 12.6. The summed E-state index contributed by atoms with van der Waals surface area (Å²) >= 11 is 1.65. The van der Waals surface area contributed by atoms with Crippen molar-refractivity contribution in [3.05, 3.63) is 52.0 Å². The molecule has 0 bridgehead atoms. The van der Waals surface area contributed by atoms with Crippen molar-refractivity contribution in [2.45, 2.75) is 38.5 Å². The quantitative estimate of drug-likeness (QED) is 0.306. The average Bonchev–Trinajstić information content (AvgIpc) is 3.43. The number of ether oxygens (including phenoxy) is 1. The molecule has 2 aromatic rings. The highest BCUT2D eigenvalue weighted by molar-refractivity contribution is 14.0. The Labute approximate surface area is 201 Å². The number of aliphatic imine (C=N–C) groups is 1. The molecule has 0 saturated carbocycles. The Kier molecular flexibility index (Phi) is 10.5. The van der Waals surface area contributed by atoms with E-state index in [1.165, 1.54) is 18.4 Å². The summed E-state index contributed by atoms with van der Waals surface area (Å²) in [7, 11) is 5.61. The molecule has 2 unspecified atom stereocenters. The van der Waals surface area contributed by atoms with Crippen LogP contribution < -0.4 is 5.32 Å². The van der Waals surface area contributed by atoms with Gasteiger partial charge in [0, 0.05) is 33.1 Å². The minimum absolute atomic E-state index is 0. The highest BCUT2D eigenvalue weighted by Gasteiger charge is 2.24. The summed E-state index contributed by atoms with van der Waals surface area (Å²) < 4.78 is 5.37. The SMILES string of the molecule is CN=C(NCC(c1ccccc1)N1CCCC1)N(C)Cc1csc(C(C)OC)n1.I. The lowest BCUT2D eigenvalue weighted by molar-refractivity contribution is 0.119. The van der Waals surface area contributed by atoms with Crippen molar-refractivity contribution in [1.82, 2.24) is 20.1 Å². The molecule has 0 aliphatic carbocycles. The molecule has 1 aliphatic heterocycles. The number of likely N-dealkylation sites (tertiary alicyclic amines) is 1. The van der Waals surface area contributed by atoms with Gasteiger partial charge in [-0.1, -0.05) is 30.3 Å². The molecular formula is C22H34IN5OS. The Morgan fingerprint density at radius 3 is 2.63 bits per heavy atom. The number of nitrogens with one attached hydrogen (secondary N) is 1. The smallest absolute Gasteiger partial charge is 0.193 e. The third-order valence-electron chi connectivity index (χ3n) is 5.46. The molecular weight excluding hydrogens is 509 g/mol. The Morgan fingerprint density at radius 1 is 1.30 bits per heavy atom. The van der Waals surface area contributed by atoms with Crippen molar-refractivity contribution in [2.24, 2.45) is 4.99 Å². The zero-order valence-electron chi connectivity index (χ0n) is 18.4. The van der Waals surface area contributed by atoms with E-state index in [0.29, 0.717) is 12.6 Å². The Morgan fingerprint density at radius 2 is 2.00 bits per heavy atom. The van der Waals surface area contributed by atoms with E-state index in [-0.39, 0.29) is 30.1 Å². The molecule has 1 fully saturated rings. The zero-order valence-corrected chi connectivity index (χ0v) is 21.5. The molecule has 2 atom stereocenters. The van der Waals surface area contributed by atoms with Crippen LogP contribution in [-0.2, 0) is 11.3 Å². The molecule has 1 aromatic carbocycles. The van der Waals surface area contributed by atoms with Crippen LogP contribution in [0.25, 0.3) is 0 Å². The number of benzene rings is 1. The number of halogens is 1. The van der Waals surface area contributed by atoms with Gasteiger partial charge in [0.15, 0.2) is 5.96 Å². The maximum atomic E-state index is 5.37. The molecule has 166 valence electrons. The van der Waals surface area contributed by atoms with Gasteiger partial charge >= 0.3 is 0 Å². The van der Waals surface area contributed by atoms with Crippen molar-refractivity contribution >= 4 is 41.3 Å². The molecule has 8 heteroatoms. The van der Waals surface area contributed by atoms with Gasteiger partial charge in [-0.3, -0.25) is 9.89 Å². The third-order valence-corrected chi connectivity index (χ3v) is 6.52. The number of rotatable bonds is 8. The number of methoxy groups -OCH3 is 1. The first-order chi connectivity index (χ1) is 14.1. The van der Waals surface area contributed by atoms with E-state index >= 15 is 0 Å². The molecule has 2 heterocycles. The fraction of sp³-hybridized carbons (Fsp3) is 0.545. The van der Waals surface area contributed by atoms with Gasteiger partial charge in [-0.05, 0) is 38.4 Å². The number of nitrogens with zero attached hydrogens (tertiary/aromatic N) is 4. The van der Waals surface area contributed by atoms with Crippen LogP contribution >= 0.6 is 35.3 Å². The maximum absolute atomic E-state index is 5.37. The van der Waals surface area contributed by atoms with E-state index in [1.54, 1.807) is 18.4 Å². The van der Waals surface area contributed by atoms with Gasteiger partial charge in [0.05, 0.1) is 18.3 Å². The molecule has 1 aliphatic rings. The summed E-state index contributed by atoms with van der Waals surface area (Å²) in [4.78, 5) is 13.9. The number of guanidine groups is 1. The van der Waals surface area contributed by atoms with Gasteiger partial charge in [0.1, 0.15) is 11.1 Å². The summed E-state index contributed by atoms with van der Waals surface area (Å²) in [6, 6.07) is 11.1. The molecule has 3 rings (SSSR count). The van der Waals surface area contributed by atoms with Crippen molar-refractivity contribution in [1.29, 1.82) is 0 Å². The Bertz CT molecular complexity index is 779. The van der Waals surface area contributed by atoms with E-state index in [2.05, 4.69) is 62.9 Å². The Balaban J connectivity index is 0.00000320. The van der Waals surface area contributed by atoms with Crippen molar-refractivity contribution in [2.75, 3.05) is 40.8 Å². The van der Waals surface area contributed by atoms with E-state index in [0.717, 1.165) is 36.3 Å². The average molecular weight is 544 g/mol. The van der Waals surface area contributed by atoms with Crippen molar-refractivity contribution < 1.29 is 4.74 Å². The molecule has 6 nitrogen and oxygen atoms in total. The second-order valence-corrected chi connectivity index (χ2v) is 8.40. The van der Waals surface area contributed by atoms with Gasteiger partial charge in [0.25, 0.3) is 0 Å². The molecule has 1 aromatic heterocycles. The van der Waals surface area contributed by atoms with Gasteiger partial charge in [-0.15, -0.1) is 35.3 Å². The van der Waals surface area contributed by atoms with Crippen molar-refractivity contribution in [3.8, 4) is 0 Å². The van der Waals surface area contributed by atoms with Crippen LogP contribution in [0.5, 0.6) is 0 Å². The molecule has 30 heavy (non-hydrogen) atoms. The van der Waals surface area contributed by atoms with E-state index < -0.39 is 0 Å². The summed E-state index contributed by atoms with van der Waals surface area (Å²) in [6.07, 6.45) is 2.59. The monoisotopic (exact) mass is 543 g/mol. The van der Waals surface area contributed by atoms with Gasteiger partial charge in [0.2, 0.25) is 0 Å². The van der Waals surface area contributed by atoms with Crippen LogP contribution in [0.1, 0.15) is 48.2 Å². The van der Waals surface area contributed by atoms with Crippen molar-refractivity contribution in [3.63, 3.8) is 0 Å². The lowest BCUT2D eigenvalue weighted by Gasteiger charge is -2.30. The first-order valence-corrected chi connectivity index (χ1v) is 11.2. The fourth-order valence-electron chi connectivity index (χ4n) is 3.76. The standard InChI is InChI=1S/C22H33N5OS.HI/c1-17(28-4)21-25-19(16-29-21)15-26(3)22(23-2)24-14-20(27-12-8-9-13-27)18-10-6-5-7-11-18;/h5-7,10-11,16-17,20H,8-9,12-15H2,1-4H3,(H,23,24);1H. The topological polar surface area (TPSA) is 53.0 Å². The summed E-state index contributed by atoms with van der Waals surface area (Å²) in [5.41, 5.74) is 2.40. The summed E-state index contributed by atoms with van der Waals surface area (Å²) in [6.45, 7) is 5.90. The maximum Gasteiger partial charge on any atom is 0.193 e. The van der Waals surface area contributed by atoms with Gasteiger partial charge in [-0.2, -0.15) is 0 Å². The lowest BCUT2D eigenvalue weighted by Crippen LogP contribution is -2.43. The van der Waals surface area contributed by atoms with Gasteiger partial charge < -0.3 is 15.0 Å². The summed E-state index contributed by atoms with van der Waals surface area (Å²) in [5, 5.41) is 6.70. The lowest BCUT2D eigenvalue weighted by atomic mass is 10.1. The second-order valence-electron chi connectivity index (χ2n) is 7.51. The molecule has 0 amide bonds. The minimum atomic E-state index is 0.